The van der Waals surface area contributed by atoms with Crippen LogP contribution in [0.1, 0.15) is 39.2 Å². The topological polar surface area (TPSA) is 88.2 Å². The molecule has 0 aliphatic heterocycles. The van der Waals surface area contributed by atoms with Crippen LogP contribution in [0.4, 0.5) is 17.6 Å². The van der Waals surface area contributed by atoms with Crippen LogP contribution in [0.15, 0.2) is 95.5 Å². The van der Waals surface area contributed by atoms with Gasteiger partial charge in [0, 0.05) is 6.42 Å². The first-order valence-electron chi connectivity index (χ1n) is 12.5. The number of carbonyl (C=O) groups is 1. The number of halogens is 4. The van der Waals surface area contributed by atoms with E-state index in [0.29, 0.717) is 17.0 Å². The quantitative estimate of drug-likeness (QED) is 0.204. The lowest BCUT2D eigenvalue weighted by atomic mass is 9.99. The number of nitrogens with zero attached hydrogens (tertiary/aromatic N) is 2. The van der Waals surface area contributed by atoms with Crippen LogP contribution >= 0.6 is 0 Å². The van der Waals surface area contributed by atoms with Crippen LogP contribution in [0.25, 0.3) is 22.3 Å². The number of benzene rings is 4. The van der Waals surface area contributed by atoms with Crippen LogP contribution < -0.4 is 5.32 Å². The van der Waals surface area contributed by atoms with Crippen LogP contribution in [-0.4, -0.2) is 21.2 Å². The maximum absolute atomic E-state index is 13.3. The van der Waals surface area contributed by atoms with Gasteiger partial charge in [-0.2, -0.15) is 18.2 Å². The van der Waals surface area contributed by atoms with Crippen molar-refractivity contribution < 1.29 is 32.0 Å². The number of nitrogens with one attached hydrogen (secondary N) is 1. The second kappa shape index (κ2) is 11.2. The van der Waals surface area contributed by atoms with Crippen molar-refractivity contribution in [3.63, 3.8) is 0 Å². The Kier molecular flexibility index (Phi) is 7.56. The Morgan fingerprint density at radius 1 is 0.878 bits per heavy atom. The highest BCUT2D eigenvalue weighted by molar-refractivity contribution is 5.98. The lowest BCUT2D eigenvalue weighted by molar-refractivity contribution is -0.137. The third-order valence-corrected chi connectivity index (χ3v) is 6.50. The van der Waals surface area contributed by atoms with Crippen molar-refractivity contribution >= 4 is 5.91 Å². The van der Waals surface area contributed by atoms with E-state index in [4.69, 9.17) is 4.52 Å². The van der Waals surface area contributed by atoms with Gasteiger partial charge >= 0.3 is 6.18 Å². The summed E-state index contributed by atoms with van der Waals surface area (Å²) in [4.78, 5) is 17.6. The second-order valence-corrected chi connectivity index (χ2v) is 9.42. The third-order valence-electron chi connectivity index (χ3n) is 6.50. The van der Waals surface area contributed by atoms with Crippen molar-refractivity contribution in [3.05, 3.63) is 125 Å². The number of hydrogen-bond acceptors (Lipinski definition) is 5. The molecule has 4 aromatic carbocycles. The minimum Gasteiger partial charge on any atom is -0.507 e. The average Bonchev–Trinajstić information content (AvgIpc) is 3.39. The third kappa shape index (κ3) is 6.43. The smallest absolute Gasteiger partial charge is 0.416 e. The van der Waals surface area contributed by atoms with Gasteiger partial charge in [-0.15, -0.1) is 0 Å². The molecule has 6 nitrogen and oxygen atoms in total. The molecule has 5 rings (SSSR count). The number of aryl methyl sites for hydroxylation is 1. The Morgan fingerprint density at radius 2 is 1.44 bits per heavy atom. The van der Waals surface area contributed by atoms with Gasteiger partial charge in [0.25, 0.3) is 5.91 Å². The molecule has 2 N–H and O–H groups in total. The number of aromatic hydroxyl groups is 1. The molecule has 0 bridgehead atoms. The number of phenols is 1. The average molecular weight is 562 g/mol. The Balaban J connectivity index is 1.38. The molecular formula is C31H23F4N3O3. The van der Waals surface area contributed by atoms with Gasteiger partial charge in [-0.1, -0.05) is 59.8 Å². The van der Waals surface area contributed by atoms with Gasteiger partial charge in [-0.3, -0.25) is 4.79 Å². The van der Waals surface area contributed by atoms with E-state index in [0.717, 1.165) is 28.8 Å². The fourth-order valence-corrected chi connectivity index (χ4v) is 4.35. The molecule has 41 heavy (non-hydrogen) atoms. The molecule has 0 spiro atoms. The van der Waals surface area contributed by atoms with E-state index in [1.54, 1.807) is 19.1 Å². The Labute approximate surface area is 232 Å². The molecule has 1 heterocycles. The van der Waals surface area contributed by atoms with Gasteiger partial charge in [0.15, 0.2) is 5.82 Å². The van der Waals surface area contributed by atoms with E-state index in [1.165, 1.54) is 42.5 Å². The molecule has 1 aromatic heterocycles. The minimum absolute atomic E-state index is 0.0738. The van der Waals surface area contributed by atoms with Crippen LogP contribution in [-0.2, 0) is 12.6 Å². The lowest BCUT2D eigenvalue weighted by Gasteiger charge is -2.17. The van der Waals surface area contributed by atoms with Crippen molar-refractivity contribution in [3.8, 4) is 28.0 Å². The number of rotatable bonds is 7. The van der Waals surface area contributed by atoms with E-state index >= 15 is 0 Å². The van der Waals surface area contributed by atoms with E-state index in [2.05, 4.69) is 15.5 Å². The monoisotopic (exact) mass is 561 g/mol. The maximum atomic E-state index is 13.3. The lowest BCUT2D eigenvalue weighted by Crippen LogP contribution is -2.30. The molecule has 1 amide bonds. The summed E-state index contributed by atoms with van der Waals surface area (Å²) in [5.74, 6) is -0.730. The highest BCUT2D eigenvalue weighted by Gasteiger charge is 2.30. The number of amides is 1. The second-order valence-electron chi connectivity index (χ2n) is 9.42. The minimum atomic E-state index is -4.47. The molecule has 0 radical (unpaired) electrons. The molecule has 10 heteroatoms. The maximum Gasteiger partial charge on any atom is 0.416 e. The first kappa shape index (κ1) is 27.6. The number of hydrogen-bond donors (Lipinski definition) is 2. The molecule has 0 saturated heterocycles. The molecule has 0 fully saturated rings. The predicted molar refractivity (Wildman–Crippen MR) is 143 cm³/mol. The van der Waals surface area contributed by atoms with Crippen LogP contribution in [0.3, 0.4) is 0 Å². The zero-order valence-corrected chi connectivity index (χ0v) is 21.6. The van der Waals surface area contributed by atoms with Crippen LogP contribution in [0.5, 0.6) is 5.75 Å². The van der Waals surface area contributed by atoms with Gasteiger partial charge in [-0.25, -0.2) is 4.39 Å². The normalized spacial score (nSPS) is 12.2. The van der Waals surface area contributed by atoms with Crippen molar-refractivity contribution in [2.45, 2.75) is 25.6 Å². The summed E-state index contributed by atoms with van der Waals surface area (Å²) in [6.45, 7) is 1.64. The van der Waals surface area contributed by atoms with Gasteiger partial charge in [0.1, 0.15) is 17.6 Å². The molecule has 0 saturated carbocycles. The van der Waals surface area contributed by atoms with Gasteiger partial charge in [-0.05, 0) is 71.1 Å². The number of alkyl halides is 3. The van der Waals surface area contributed by atoms with E-state index in [-0.39, 0.29) is 29.4 Å². The molecule has 0 aliphatic rings. The Hall–Kier alpha value is -4.99. The summed E-state index contributed by atoms with van der Waals surface area (Å²) < 4.78 is 57.5. The number of aromatic nitrogens is 2. The SMILES string of the molecule is Cc1noc([C@@H](Cc2ccc(-c3ccc(F)cc3)cc2)NC(=O)c2cc(-c3ccc(C(F)(F)F)cc3)ccc2O)n1. The number of phenolic OH excluding ortho intramolecular Hbond substituents is 1. The summed E-state index contributed by atoms with van der Waals surface area (Å²) in [6.07, 6.45) is -4.20. The van der Waals surface area contributed by atoms with Crippen molar-refractivity contribution in [1.29, 1.82) is 0 Å². The largest absolute Gasteiger partial charge is 0.507 e. The summed E-state index contributed by atoms with van der Waals surface area (Å²) in [6, 6.07) is 21.6. The summed E-state index contributed by atoms with van der Waals surface area (Å²) in [5.41, 5.74) is 2.59. The molecule has 1 atom stereocenters. The van der Waals surface area contributed by atoms with Crippen molar-refractivity contribution in [2.24, 2.45) is 0 Å². The molecule has 5 aromatic rings. The fraction of sp³-hybridized carbons (Fsp3) is 0.129. The Bertz CT molecular complexity index is 1660. The molecule has 0 aliphatic carbocycles. The highest BCUT2D eigenvalue weighted by Crippen LogP contribution is 2.32. The standard InChI is InChI=1S/C31H23F4N3O3/c1-18-36-30(41-38-18)27(16-19-2-4-20(5-3-19)21-8-13-25(32)14-9-21)37-29(40)26-17-23(10-15-28(26)39)22-6-11-24(12-7-22)31(33,34)35/h2-15,17,27,39H,16H2,1H3,(H,37,40)/t27-/m1/s1. The number of carbonyl (C=O) groups excluding carboxylic acids is 1. The Morgan fingerprint density at radius 3 is 2.02 bits per heavy atom. The van der Waals surface area contributed by atoms with E-state index < -0.39 is 23.7 Å². The van der Waals surface area contributed by atoms with E-state index in [9.17, 15) is 27.5 Å². The van der Waals surface area contributed by atoms with Crippen LogP contribution in [0, 0.1) is 12.7 Å². The summed E-state index contributed by atoms with van der Waals surface area (Å²) >= 11 is 0. The molecule has 0 unspecified atom stereocenters. The molecule has 208 valence electrons. The zero-order chi connectivity index (χ0) is 29.1. The van der Waals surface area contributed by atoms with Crippen molar-refractivity contribution in [2.75, 3.05) is 0 Å². The van der Waals surface area contributed by atoms with Gasteiger partial charge in [0.2, 0.25) is 5.89 Å². The first-order valence-corrected chi connectivity index (χ1v) is 12.5. The van der Waals surface area contributed by atoms with E-state index in [1.807, 2.05) is 24.3 Å². The van der Waals surface area contributed by atoms with Crippen molar-refractivity contribution in [1.82, 2.24) is 15.5 Å². The van der Waals surface area contributed by atoms with Gasteiger partial charge in [0.05, 0.1) is 11.1 Å². The summed E-state index contributed by atoms with van der Waals surface area (Å²) in [7, 11) is 0. The highest BCUT2D eigenvalue weighted by atomic mass is 19.4. The van der Waals surface area contributed by atoms with Crippen LogP contribution in [0.2, 0.25) is 0 Å². The van der Waals surface area contributed by atoms with Gasteiger partial charge < -0.3 is 14.9 Å². The first-order chi connectivity index (χ1) is 19.6. The molecular weight excluding hydrogens is 538 g/mol. The summed E-state index contributed by atoms with van der Waals surface area (Å²) in [5, 5.41) is 17.1. The predicted octanol–water partition coefficient (Wildman–Crippen LogP) is 7.29. The fourth-order valence-electron chi connectivity index (χ4n) is 4.35. The zero-order valence-electron chi connectivity index (χ0n) is 21.6.